The quantitative estimate of drug-likeness (QED) is 0.836. The minimum Gasteiger partial charge on any atom is -0.489 e. The Hall–Kier alpha value is -0.930. The Kier molecular flexibility index (Phi) is 3.12. The molecule has 2 aliphatic rings. The van der Waals surface area contributed by atoms with Crippen LogP contribution in [0.15, 0.2) is 18.2 Å². The second-order valence-electron chi connectivity index (χ2n) is 5.31. The van der Waals surface area contributed by atoms with Crippen LogP contribution >= 0.6 is 11.6 Å². The molecule has 2 fully saturated rings. The largest absolute Gasteiger partial charge is 0.489 e. The Morgan fingerprint density at radius 2 is 2.22 bits per heavy atom. The Balaban J connectivity index is 1.70. The summed E-state index contributed by atoms with van der Waals surface area (Å²) in [5, 5.41) is 0.623. The monoisotopic (exact) mass is 267 g/mol. The van der Waals surface area contributed by atoms with Crippen LogP contribution in [0.1, 0.15) is 32.1 Å². The molecule has 0 radical (unpaired) electrons. The van der Waals surface area contributed by atoms with E-state index in [4.69, 9.17) is 26.8 Å². The number of nitrogens with two attached hydrogens (primary N) is 1. The maximum absolute atomic E-state index is 6.12. The number of hydrogen-bond acceptors (Lipinski definition) is 3. The molecule has 4 heteroatoms. The van der Waals surface area contributed by atoms with Crippen LogP contribution in [0.25, 0.3) is 0 Å². The number of rotatable bonds is 2. The van der Waals surface area contributed by atoms with Gasteiger partial charge >= 0.3 is 0 Å². The van der Waals surface area contributed by atoms with Crippen molar-refractivity contribution in [1.29, 1.82) is 0 Å². The Morgan fingerprint density at radius 1 is 1.39 bits per heavy atom. The highest BCUT2D eigenvalue weighted by molar-refractivity contribution is 6.32. The Morgan fingerprint density at radius 3 is 2.94 bits per heavy atom. The van der Waals surface area contributed by atoms with Gasteiger partial charge in [-0.2, -0.15) is 0 Å². The third-order valence-corrected chi connectivity index (χ3v) is 4.27. The SMILES string of the molecule is Nc1ccc(Cl)c(OC2CCOC3(CCC3)C2)c1. The summed E-state index contributed by atoms with van der Waals surface area (Å²) < 4.78 is 11.9. The molecule has 3 nitrogen and oxygen atoms in total. The standard InChI is InChI=1S/C14H18ClNO2/c15-12-3-2-10(16)8-13(12)18-11-4-7-17-14(9-11)5-1-6-14/h2-3,8,11H,1,4-7,9,16H2. The van der Waals surface area contributed by atoms with Gasteiger partial charge in [0.15, 0.2) is 0 Å². The first kappa shape index (κ1) is 12.1. The number of halogens is 1. The first-order chi connectivity index (χ1) is 8.67. The summed E-state index contributed by atoms with van der Waals surface area (Å²) in [6.07, 6.45) is 5.68. The van der Waals surface area contributed by atoms with Gasteiger partial charge in [0.05, 0.1) is 17.2 Å². The fraction of sp³-hybridized carbons (Fsp3) is 0.571. The predicted octanol–water partition coefficient (Wildman–Crippen LogP) is 3.40. The van der Waals surface area contributed by atoms with Gasteiger partial charge < -0.3 is 15.2 Å². The van der Waals surface area contributed by atoms with Gasteiger partial charge in [-0.15, -0.1) is 0 Å². The minimum atomic E-state index is 0.0930. The van der Waals surface area contributed by atoms with Gasteiger partial charge in [-0.05, 0) is 31.4 Å². The van der Waals surface area contributed by atoms with E-state index < -0.39 is 0 Å². The smallest absolute Gasteiger partial charge is 0.140 e. The molecule has 18 heavy (non-hydrogen) atoms. The van der Waals surface area contributed by atoms with E-state index in [2.05, 4.69) is 0 Å². The van der Waals surface area contributed by atoms with Gasteiger partial charge in [0.25, 0.3) is 0 Å². The summed E-state index contributed by atoms with van der Waals surface area (Å²) in [4.78, 5) is 0. The van der Waals surface area contributed by atoms with Gasteiger partial charge in [0.1, 0.15) is 11.9 Å². The van der Waals surface area contributed by atoms with Crippen LogP contribution in [-0.2, 0) is 4.74 Å². The second kappa shape index (κ2) is 4.63. The topological polar surface area (TPSA) is 44.5 Å². The second-order valence-corrected chi connectivity index (χ2v) is 5.71. The van der Waals surface area contributed by atoms with Crippen molar-refractivity contribution in [2.24, 2.45) is 0 Å². The summed E-state index contributed by atoms with van der Waals surface area (Å²) in [5.74, 6) is 0.693. The van der Waals surface area contributed by atoms with Crippen molar-refractivity contribution < 1.29 is 9.47 Å². The zero-order valence-corrected chi connectivity index (χ0v) is 11.1. The maximum Gasteiger partial charge on any atom is 0.140 e. The Labute approximate surface area is 112 Å². The molecule has 1 aromatic rings. The van der Waals surface area contributed by atoms with Gasteiger partial charge in [-0.25, -0.2) is 0 Å². The fourth-order valence-corrected chi connectivity index (χ4v) is 2.95. The zero-order valence-electron chi connectivity index (χ0n) is 10.3. The van der Waals surface area contributed by atoms with E-state index in [1.165, 1.54) is 6.42 Å². The van der Waals surface area contributed by atoms with Gasteiger partial charge in [-0.3, -0.25) is 0 Å². The molecule has 1 aliphatic carbocycles. The van der Waals surface area contributed by atoms with E-state index in [0.29, 0.717) is 16.5 Å². The normalized spacial score (nSPS) is 25.7. The van der Waals surface area contributed by atoms with Crippen LogP contribution in [-0.4, -0.2) is 18.3 Å². The molecular weight excluding hydrogens is 250 g/mol. The molecule has 1 aliphatic heterocycles. The first-order valence-electron chi connectivity index (χ1n) is 6.53. The molecule has 1 saturated heterocycles. The highest BCUT2D eigenvalue weighted by Gasteiger charge is 2.43. The van der Waals surface area contributed by atoms with E-state index in [1.807, 2.05) is 0 Å². The molecule has 1 heterocycles. The van der Waals surface area contributed by atoms with E-state index in [0.717, 1.165) is 32.3 Å². The average Bonchev–Trinajstić information content (AvgIpc) is 2.32. The van der Waals surface area contributed by atoms with Crippen LogP contribution in [0.3, 0.4) is 0 Å². The molecule has 0 bridgehead atoms. The van der Waals surface area contributed by atoms with Crippen molar-refractivity contribution in [2.75, 3.05) is 12.3 Å². The minimum absolute atomic E-state index is 0.0930. The molecule has 1 aromatic carbocycles. The van der Waals surface area contributed by atoms with Crippen LogP contribution in [0.2, 0.25) is 5.02 Å². The molecule has 1 saturated carbocycles. The van der Waals surface area contributed by atoms with Gasteiger partial charge in [-0.1, -0.05) is 11.6 Å². The van der Waals surface area contributed by atoms with E-state index >= 15 is 0 Å². The molecular formula is C14H18ClNO2. The number of anilines is 1. The number of nitrogen functional groups attached to an aromatic ring is 1. The molecule has 2 N–H and O–H groups in total. The van der Waals surface area contributed by atoms with Crippen LogP contribution < -0.4 is 10.5 Å². The number of hydrogen-bond donors (Lipinski definition) is 1. The number of ether oxygens (including phenoxy) is 2. The molecule has 1 atom stereocenters. The Bertz CT molecular complexity index is 445. The summed E-state index contributed by atoms with van der Waals surface area (Å²) in [7, 11) is 0. The highest BCUT2D eigenvalue weighted by Crippen LogP contribution is 2.43. The van der Waals surface area contributed by atoms with Crippen LogP contribution in [0.5, 0.6) is 5.75 Å². The van der Waals surface area contributed by atoms with Crippen molar-refractivity contribution in [3.05, 3.63) is 23.2 Å². The summed E-state index contributed by atoms with van der Waals surface area (Å²) in [5.41, 5.74) is 6.53. The molecule has 1 spiro atoms. The van der Waals surface area contributed by atoms with Crippen molar-refractivity contribution in [3.63, 3.8) is 0 Å². The fourth-order valence-electron chi connectivity index (χ4n) is 2.79. The lowest BCUT2D eigenvalue weighted by Gasteiger charge is -2.46. The predicted molar refractivity (Wildman–Crippen MR) is 72.0 cm³/mol. The van der Waals surface area contributed by atoms with E-state index in [1.54, 1.807) is 18.2 Å². The van der Waals surface area contributed by atoms with Gasteiger partial charge in [0, 0.05) is 24.6 Å². The molecule has 3 rings (SSSR count). The molecule has 98 valence electrons. The highest BCUT2D eigenvalue weighted by atomic mass is 35.5. The summed E-state index contributed by atoms with van der Waals surface area (Å²) >= 11 is 6.12. The lowest BCUT2D eigenvalue weighted by Crippen LogP contribution is -2.48. The molecule has 0 amide bonds. The first-order valence-corrected chi connectivity index (χ1v) is 6.90. The van der Waals surface area contributed by atoms with Crippen LogP contribution in [0.4, 0.5) is 5.69 Å². The third-order valence-electron chi connectivity index (χ3n) is 3.96. The molecule has 1 unspecified atom stereocenters. The summed E-state index contributed by atoms with van der Waals surface area (Å²) in [6, 6.07) is 5.36. The van der Waals surface area contributed by atoms with Crippen molar-refractivity contribution in [2.45, 2.75) is 43.8 Å². The lowest BCUT2D eigenvalue weighted by molar-refractivity contribution is -0.153. The van der Waals surface area contributed by atoms with Crippen LogP contribution in [0, 0.1) is 0 Å². The van der Waals surface area contributed by atoms with E-state index in [9.17, 15) is 0 Å². The summed E-state index contributed by atoms with van der Waals surface area (Å²) in [6.45, 7) is 0.782. The average molecular weight is 268 g/mol. The molecule has 0 aromatic heterocycles. The third kappa shape index (κ3) is 2.29. The number of benzene rings is 1. The maximum atomic E-state index is 6.12. The van der Waals surface area contributed by atoms with Crippen molar-refractivity contribution in [3.8, 4) is 5.75 Å². The van der Waals surface area contributed by atoms with E-state index in [-0.39, 0.29) is 11.7 Å². The lowest BCUT2D eigenvalue weighted by atomic mass is 9.74. The zero-order chi connectivity index (χ0) is 12.6. The van der Waals surface area contributed by atoms with Crippen molar-refractivity contribution in [1.82, 2.24) is 0 Å². The van der Waals surface area contributed by atoms with Gasteiger partial charge in [0.2, 0.25) is 0 Å². The van der Waals surface area contributed by atoms with Crippen molar-refractivity contribution >= 4 is 17.3 Å².